The molecule has 0 aromatic carbocycles. The summed E-state index contributed by atoms with van der Waals surface area (Å²) >= 11 is 0. The molecule has 0 radical (unpaired) electrons. The quantitative estimate of drug-likeness (QED) is 0.183. The second kappa shape index (κ2) is 15.2. The predicted octanol–water partition coefficient (Wildman–Crippen LogP) is 2.17. The highest BCUT2D eigenvalue weighted by Crippen LogP contribution is 2.46. The van der Waals surface area contributed by atoms with Gasteiger partial charge >= 0.3 is 5.97 Å². The van der Waals surface area contributed by atoms with E-state index in [1.165, 1.54) is 77.0 Å². The van der Waals surface area contributed by atoms with Gasteiger partial charge < -0.3 is 23.7 Å². The van der Waals surface area contributed by atoms with Gasteiger partial charge in [0.05, 0.1) is 55.4 Å². The zero-order valence-electron chi connectivity index (χ0n) is 31.5. The Morgan fingerprint density at radius 1 is 0.392 bits per heavy atom. The van der Waals surface area contributed by atoms with Gasteiger partial charge in [0.1, 0.15) is 0 Å². The second-order valence-electron chi connectivity index (χ2n) is 17.7. The first-order valence-electron chi connectivity index (χ1n) is 20.9. The number of methoxy groups -OCH3 is 4. The summed E-state index contributed by atoms with van der Waals surface area (Å²) in [7, 11) is 6.32. The second-order valence-corrected chi connectivity index (χ2v) is 17.7. The Balaban J connectivity index is 1.01. The molecule has 0 spiro atoms. The number of rotatable bonds is 7. The first kappa shape index (κ1) is 36.1. The van der Waals surface area contributed by atoms with E-state index >= 15 is 0 Å². The zero-order chi connectivity index (χ0) is 34.7. The summed E-state index contributed by atoms with van der Waals surface area (Å²) in [5, 5.41) is 33.7. The van der Waals surface area contributed by atoms with Crippen LogP contribution in [0.3, 0.4) is 0 Å². The summed E-state index contributed by atoms with van der Waals surface area (Å²) in [6.07, 6.45) is 20.4. The molecule has 4 aliphatic carbocycles. The molecule has 5 aliphatic heterocycles. The van der Waals surface area contributed by atoms with E-state index < -0.39 is 12.3 Å². The number of ether oxygens (including phenoxy) is 5. The highest BCUT2D eigenvalue weighted by Gasteiger charge is 2.55. The minimum atomic E-state index is -1.42. The van der Waals surface area contributed by atoms with E-state index in [-0.39, 0.29) is 24.6 Å². The van der Waals surface area contributed by atoms with Crippen molar-refractivity contribution in [2.45, 2.75) is 164 Å². The zero-order valence-corrected chi connectivity index (χ0v) is 31.5. The van der Waals surface area contributed by atoms with Crippen LogP contribution >= 0.6 is 0 Å². The van der Waals surface area contributed by atoms with Crippen LogP contribution in [-0.2, 0) is 23.7 Å². The van der Waals surface area contributed by atoms with E-state index in [2.05, 4.69) is 42.5 Å². The van der Waals surface area contributed by atoms with Gasteiger partial charge in [0.15, 0.2) is 0 Å². The summed E-state index contributed by atoms with van der Waals surface area (Å²) in [5.41, 5.74) is 0. The lowest BCUT2D eigenvalue weighted by atomic mass is 9.76. The van der Waals surface area contributed by atoms with E-state index in [1.54, 1.807) is 28.4 Å². The molecule has 5 heterocycles. The van der Waals surface area contributed by atoms with E-state index in [1.807, 2.05) is 0 Å². The Kier molecular flexibility index (Phi) is 10.8. The van der Waals surface area contributed by atoms with Crippen LogP contribution in [0.1, 0.15) is 96.3 Å². The Labute approximate surface area is 305 Å². The molecule has 8 bridgehead atoms. The van der Waals surface area contributed by atoms with Gasteiger partial charge in [-0.3, -0.25) is 42.5 Å². The van der Waals surface area contributed by atoms with Crippen molar-refractivity contribution in [3.63, 3.8) is 0 Å². The van der Waals surface area contributed by atoms with Gasteiger partial charge in [-0.1, -0.05) is 38.5 Å². The third-order valence-corrected chi connectivity index (χ3v) is 15.5. The van der Waals surface area contributed by atoms with Crippen molar-refractivity contribution in [1.29, 1.82) is 0 Å². The first-order valence-corrected chi connectivity index (χ1v) is 20.9. The van der Waals surface area contributed by atoms with E-state index in [0.29, 0.717) is 78.2 Å². The predicted molar refractivity (Wildman–Crippen MR) is 192 cm³/mol. The highest BCUT2D eigenvalue weighted by molar-refractivity contribution is 5.08. The van der Waals surface area contributed by atoms with Gasteiger partial charge in [0, 0.05) is 28.4 Å². The number of fused-ring (bicyclic) bond motifs is 20. The van der Waals surface area contributed by atoms with Crippen molar-refractivity contribution in [3.8, 4) is 0 Å². The summed E-state index contributed by atoms with van der Waals surface area (Å²) < 4.78 is 29.4. The first-order chi connectivity index (χ1) is 25.0. The van der Waals surface area contributed by atoms with Crippen molar-refractivity contribution in [3.05, 3.63) is 0 Å². The minimum Gasteiger partial charge on any atom is -0.349 e. The molecular weight excluding hydrogens is 648 g/mol. The largest absolute Gasteiger partial charge is 0.349 e. The molecule has 18 atom stereocenters. The average molecular weight is 717 g/mol. The van der Waals surface area contributed by atoms with Crippen molar-refractivity contribution in [1.82, 2.24) is 42.5 Å². The van der Waals surface area contributed by atoms with Crippen LogP contribution in [0.4, 0.5) is 0 Å². The molecule has 4 saturated carbocycles. The standard InChI is InChI=1S/C38H68N8O5/c1-47-37(38(48-2,49-3)50-4)51-20-17-18-27-28(19-20)36-45-34-26-16-10-9-15-25(26)32(43-34)41-30-22-12-6-5-11-21(22)29(39-30)40-31-23-13-7-8-14-24(23)33(42-31)44-35(27)46-36/h20-37,39-46H,5-19H2,1-4H3. The molecule has 0 amide bonds. The highest BCUT2D eigenvalue weighted by atomic mass is 16.9. The molecule has 9 rings (SSSR count). The van der Waals surface area contributed by atoms with E-state index in [9.17, 15) is 0 Å². The Bertz CT molecular complexity index is 1170. The van der Waals surface area contributed by atoms with Gasteiger partial charge in [-0.2, -0.15) is 0 Å². The summed E-state index contributed by atoms with van der Waals surface area (Å²) in [6, 6.07) is 0. The number of nitrogens with one attached hydrogen (secondary N) is 8. The van der Waals surface area contributed by atoms with Crippen LogP contribution in [0, 0.1) is 47.3 Å². The third-order valence-electron chi connectivity index (χ3n) is 15.5. The summed E-state index contributed by atoms with van der Waals surface area (Å²) in [6.45, 7) is 0. The SMILES string of the molecule is COC(OC1CCC2C3NC4NC(NC5NC(NC6NC(NC(N3)C2C1)C1CCCCC61)C1CCCCC51)C1CCCCC41)C(OC)(OC)OC. The van der Waals surface area contributed by atoms with Crippen molar-refractivity contribution >= 4 is 0 Å². The fraction of sp³-hybridized carbons (Fsp3) is 1.00. The van der Waals surface area contributed by atoms with Crippen molar-refractivity contribution < 1.29 is 23.7 Å². The lowest BCUT2D eigenvalue weighted by Gasteiger charge is -2.41. The lowest BCUT2D eigenvalue weighted by Crippen LogP contribution is -2.61. The molecular formula is C38H68N8O5. The molecule has 5 saturated heterocycles. The summed E-state index contributed by atoms with van der Waals surface area (Å²) in [5.74, 6) is 3.41. The Morgan fingerprint density at radius 2 is 0.686 bits per heavy atom. The van der Waals surface area contributed by atoms with E-state index in [4.69, 9.17) is 23.7 Å². The monoisotopic (exact) mass is 717 g/mol. The van der Waals surface area contributed by atoms with Gasteiger partial charge in [-0.25, -0.2) is 0 Å². The minimum absolute atomic E-state index is 0.00524. The molecule has 0 aromatic rings. The van der Waals surface area contributed by atoms with Crippen LogP contribution in [0.15, 0.2) is 0 Å². The average Bonchev–Trinajstić information content (AvgIpc) is 3.91. The maximum atomic E-state index is 6.66. The molecule has 0 aromatic heterocycles. The van der Waals surface area contributed by atoms with Gasteiger partial charge in [0.25, 0.3) is 0 Å². The molecule has 13 nitrogen and oxygen atoms in total. The lowest BCUT2D eigenvalue weighted by molar-refractivity contribution is -0.439. The maximum Gasteiger partial charge on any atom is 0.336 e. The molecule has 9 fully saturated rings. The smallest absolute Gasteiger partial charge is 0.336 e. The molecule has 51 heavy (non-hydrogen) atoms. The van der Waals surface area contributed by atoms with Crippen LogP contribution < -0.4 is 42.5 Å². The number of hydrogen-bond donors (Lipinski definition) is 8. The molecule has 18 unspecified atom stereocenters. The van der Waals surface area contributed by atoms with Crippen LogP contribution in [0.5, 0.6) is 0 Å². The molecule has 13 heteroatoms. The van der Waals surface area contributed by atoms with E-state index in [0.717, 1.165) is 19.3 Å². The topological polar surface area (TPSA) is 142 Å². The van der Waals surface area contributed by atoms with Crippen molar-refractivity contribution in [2.75, 3.05) is 28.4 Å². The maximum absolute atomic E-state index is 6.66. The molecule has 8 N–H and O–H groups in total. The summed E-state index contributed by atoms with van der Waals surface area (Å²) in [4.78, 5) is 0. The van der Waals surface area contributed by atoms with Gasteiger partial charge in [-0.15, -0.1) is 0 Å². The molecule has 290 valence electrons. The molecule has 9 aliphatic rings. The third kappa shape index (κ3) is 6.55. The van der Waals surface area contributed by atoms with Crippen LogP contribution in [-0.4, -0.2) is 96.1 Å². The Hall–Kier alpha value is -0.520. The van der Waals surface area contributed by atoms with Crippen molar-refractivity contribution in [2.24, 2.45) is 47.3 Å². The van der Waals surface area contributed by atoms with Crippen LogP contribution in [0.2, 0.25) is 0 Å². The number of hydrogen-bond acceptors (Lipinski definition) is 13. The normalized spacial score (nSPS) is 50.2. The van der Waals surface area contributed by atoms with Gasteiger partial charge in [-0.05, 0) is 105 Å². The fourth-order valence-corrected chi connectivity index (χ4v) is 13.1. The van der Waals surface area contributed by atoms with Gasteiger partial charge in [0.2, 0.25) is 6.29 Å². The van der Waals surface area contributed by atoms with Crippen LogP contribution in [0.25, 0.3) is 0 Å². The Morgan fingerprint density at radius 3 is 0.980 bits per heavy atom. The fourth-order valence-electron chi connectivity index (χ4n) is 13.1.